The number of benzene rings is 1. The third-order valence-corrected chi connectivity index (χ3v) is 6.58. The molecule has 6 heteroatoms. The zero-order valence-corrected chi connectivity index (χ0v) is 13.4. The third kappa shape index (κ3) is 1.25. The number of methoxy groups -OCH3 is 1. The Morgan fingerprint density at radius 2 is 2.09 bits per heavy atom. The van der Waals surface area contributed by atoms with Gasteiger partial charge in [-0.15, -0.1) is 0 Å². The maximum Gasteiger partial charge on any atom is 0.315 e. The molecule has 3 atom stereocenters. The van der Waals surface area contributed by atoms with E-state index >= 15 is 0 Å². The molecule has 0 bridgehead atoms. The highest BCUT2D eigenvalue weighted by Crippen LogP contribution is 2.63. The van der Waals surface area contributed by atoms with E-state index in [-0.39, 0.29) is 24.6 Å². The minimum Gasteiger partial charge on any atom is -0.497 e. The molecule has 5 nitrogen and oxygen atoms in total. The van der Waals surface area contributed by atoms with Crippen LogP contribution in [0, 0.1) is 5.41 Å². The van der Waals surface area contributed by atoms with E-state index < -0.39 is 21.6 Å². The Kier molecular flexibility index (Phi) is 2.65. The van der Waals surface area contributed by atoms with Gasteiger partial charge in [0.1, 0.15) is 29.0 Å². The van der Waals surface area contributed by atoms with Gasteiger partial charge < -0.3 is 9.47 Å². The normalized spacial score (nSPS) is 35.7. The van der Waals surface area contributed by atoms with Crippen LogP contribution in [-0.4, -0.2) is 36.1 Å². The maximum absolute atomic E-state index is 12.8. The first-order valence-electron chi connectivity index (χ1n) is 7.06. The number of cyclic esters (lactones) is 1. The molecule has 0 aromatic heterocycles. The number of alkyl halides is 1. The molecule has 0 N–H and O–H groups in total. The van der Waals surface area contributed by atoms with Gasteiger partial charge in [-0.25, -0.2) is 0 Å². The van der Waals surface area contributed by atoms with Gasteiger partial charge in [-0.2, -0.15) is 0 Å². The first kappa shape index (κ1) is 13.9. The van der Waals surface area contributed by atoms with Crippen molar-refractivity contribution < 1.29 is 23.9 Å². The van der Waals surface area contributed by atoms with Gasteiger partial charge in [-0.3, -0.25) is 14.4 Å². The van der Waals surface area contributed by atoms with Crippen molar-refractivity contribution in [3.8, 4) is 5.75 Å². The Morgan fingerprint density at radius 1 is 1.32 bits per heavy atom. The highest BCUT2D eigenvalue weighted by atomic mass is 79.9. The molecule has 2 fully saturated rings. The zero-order valence-electron chi connectivity index (χ0n) is 11.8. The average molecular weight is 365 g/mol. The smallest absolute Gasteiger partial charge is 0.315 e. The van der Waals surface area contributed by atoms with Gasteiger partial charge in [0.05, 0.1) is 11.9 Å². The van der Waals surface area contributed by atoms with Gasteiger partial charge in [0.2, 0.25) is 0 Å². The fourth-order valence-corrected chi connectivity index (χ4v) is 5.32. The van der Waals surface area contributed by atoms with Crippen LogP contribution >= 0.6 is 15.9 Å². The van der Waals surface area contributed by atoms with Crippen LogP contribution in [0.4, 0.5) is 0 Å². The van der Waals surface area contributed by atoms with Gasteiger partial charge in [-0.05, 0) is 30.2 Å². The number of esters is 1. The Bertz CT molecular complexity index is 742. The molecule has 114 valence electrons. The lowest BCUT2D eigenvalue weighted by atomic mass is 9.56. The summed E-state index contributed by atoms with van der Waals surface area (Å²) >= 11 is 3.39. The van der Waals surface area contributed by atoms with Crippen LogP contribution in [0.3, 0.4) is 0 Å². The quantitative estimate of drug-likeness (QED) is 0.561. The Morgan fingerprint density at radius 3 is 2.82 bits per heavy atom. The summed E-state index contributed by atoms with van der Waals surface area (Å²) in [5, 5.41) is 0. The van der Waals surface area contributed by atoms with Crippen molar-refractivity contribution >= 4 is 33.5 Å². The molecule has 0 amide bonds. The molecule has 1 heterocycles. The summed E-state index contributed by atoms with van der Waals surface area (Å²) in [6, 6.07) is 5.06. The molecule has 0 spiro atoms. The van der Waals surface area contributed by atoms with E-state index in [0.717, 1.165) is 0 Å². The minimum atomic E-state index is -1.12. The molecule has 2 aliphatic carbocycles. The SMILES string of the molecule is COc1ccc2c(c1)[C@@]13COC(=O)[C@@]1(CCC3=O)C(Br)C2=O. The highest BCUT2D eigenvalue weighted by molar-refractivity contribution is 9.10. The Hall–Kier alpha value is -1.69. The van der Waals surface area contributed by atoms with Crippen molar-refractivity contribution in [2.45, 2.75) is 23.1 Å². The van der Waals surface area contributed by atoms with E-state index in [4.69, 9.17) is 9.47 Å². The number of carbonyl (C=O) groups excluding carboxylic acids is 3. The Labute approximate surface area is 135 Å². The summed E-state index contributed by atoms with van der Waals surface area (Å²) in [7, 11) is 1.53. The maximum atomic E-state index is 12.8. The number of halogens is 1. The van der Waals surface area contributed by atoms with Crippen molar-refractivity contribution in [1.82, 2.24) is 0 Å². The monoisotopic (exact) mass is 364 g/mol. The van der Waals surface area contributed by atoms with Gasteiger partial charge in [0, 0.05) is 12.0 Å². The fourth-order valence-electron chi connectivity index (χ4n) is 4.27. The molecular formula is C16H13BrO5. The predicted octanol–water partition coefficient (Wildman–Crippen LogP) is 1.80. The lowest BCUT2D eigenvalue weighted by Crippen LogP contribution is -2.57. The fraction of sp³-hybridized carbons (Fsp3) is 0.438. The third-order valence-electron chi connectivity index (χ3n) is 5.38. The first-order valence-corrected chi connectivity index (χ1v) is 7.98. The van der Waals surface area contributed by atoms with Crippen molar-refractivity contribution in [3.63, 3.8) is 0 Å². The predicted molar refractivity (Wildman–Crippen MR) is 79.4 cm³/mol. The Balaban J connectivity index is 2.10. The standard InChI is InChI=1S/C16H13BrO5/c1-21-8-2-3-9-10(6-8)16-7-22-14(20)15(16,5-4-11(16)18)13(17)12(9)19/h2-3,6,13H,4-5,7H2,1H3/t13?,15-,16-/m1/s1. The second-order valence-electron chi connectivity index (χ2n) is 6.01. The molecule has 22 heavy (non-hydrogen) atoms. The molecule has 1 aromatic rings. The first-order chi connectivity index (χ1) is 10.5. The molecule has 0 radical (unpaired) electrons. The van der Waals surface area contributed by atoms with Crippen LogP contribution in [-0.2, 0) is 19.7 Å². The van der Waals surface area contributed by atoms with Gasteiger partial charge in [0.15, 0.2) is 5.78 Å². The average Bonchev–Trinajstić information content (AvgIpc) is 3.01. The van der Waals surface area contributed by atoms with Crippen molar-refractivity contribution in [3.05, 3.63) is 29.3 Å². The van der Waals surface area contributed by atoms with Crippen molar-refractivity contribution in [2.75, 3.05) is 13.7 Å². The summed E-state index contributed by atoms with van der Waals surface area (Å²) in [6.07, 6.45) is 0.615. The molecular weight excluding hydrogens is 352 g/mol. The molecule has 1 aliphatic heterocycles. The molecule has 1 aromatic carbocycles. The molecule has 1 saturated carbocycles. The number of hydrogen-bond acceptors (Lipinski definition) is 5. The van der Waals surface area contributed by atoms with Crippen LogP contribution in [0.25, 0.3) is 0 Å². The van der Waals surface area contributed by atoms with E-state index in [9.17, 15) is 14.4 Å². The summed E-state index contributed by atoms with van der Waals surface area (Å²) < 4.78 is 10.5. The molecule has 1 saturated heterocycles. The van der Waals surface area contributed by atoms with E-state index in [1.54, 1.807) is 18.2 Å². The topological polar surface area (TPSA) is 69.7 Å². The summed E-state index contributed by atoms with van der Waals surface area (Å²) in [5.74, 6) is -0.115. The molecule has 1 unspecified atom stereocenters. The highest BCUT2D eigenvalue weighted by Gasteiger charge is 2.76. The van der Waals surface area contributed by atoms with E-state index in [2.05, 4.69) is 15.9 Å². The summed E-state index contributed by atoms with van der Waals surface area (Å²) in [4.78, 5) is 37.3. The summed E-state index contributed by atoms with van der Waals surface area (Å²) in [6.45, 7) is 0.000213. The largest absolute Gasteiger partial charge is 0.497 e. The van der Waals surface area contributed by atoms with Crippen LogP contribution in [0.5, 0.6) is 5.75 Å². The second kappa shape index (κ2) is 4.19. The van der Waals surface area contributed by atoms with Crippen LogP contribution < -0.4 is 4.74 Å². The molecule has 4 rings (SSSR count). The number of hydrogen-bond donors (Lipinski definition) is 0. The van der Waals surface area contributed by atoms with Gasteiger partial charge >= 0.3 is 5.97 Å². The lowest BCUT2D eigenvalue weighted by Gasteiger charge is -2.42. The summed E-state index contributed by atoms with van der Waals surface area (Å²) in [5.41, 5.74) is -1.16. The van der Waals surface area contributed by atoms with Crippen molar-refractivity contribution in [1.29, 1.82) is 0 Å². The van der Waals surface area contributed by atoms with Gasteiger partial charge in [0.25, 0.3) is 0 Å². The number of carbonyl (C=O) groups is 3. The van der Waals surface area contributed by atoms with E-state index in [1.807, 2.05) is 0 Å². The van der Waals surface area contributed by atoms with Crippen molar-refractivity contribution in [2.24, 2.45) is 5.41 Å². The van der Waals surface area contributed by atoms with Crippen LogP contribution in [0.1, 0.15) is 28.8 Å². The number of ether oxygens (including phenoxy) is 2. The number of Topliss-reactive ketones (excluding diaryl/α,β-unsaturated/α-hetero) is 2. The lowest BCUT2D eigenvalue weighted by molar-refractivity contribution is -0.146. The zero-order chi connectivity index (χ0) is 15.7. The van der Waals surface area contributed by atoms with E-state index in [0.29, 0.717) is 23.3 Å². The van der Waals surface area contributed by atoms with Crippen LogP contribution in [0.2, 0.25) is 0 Å². The number of fused-ring (bicyclic) bond motifs is 1. The van der Waals surface area contributed by atoms with E-state index in [1.165, 1.54) is 7.11 Å². The minimum absolute atomic E-state index is 0.000213. The number of rotatable bonds is 1. The second-order valence-corrected chi connectivity index (χ2v) is 6.93. The molecule has 3 aliphatic rings. The number of ketones is 2. The van der Waals surface area contributed by atoms with Gasteiger partial charge in [-0.1, -0.05) is 15.9 Å². The van der Waals surface area contributed by atoms with Crippen LogP contribution in [0.15, 0.2) is 18.2 Å².